The van der Waals surface area contributed by atoms with E-state index in [9.17, 15) is 14.4 Å². The highest BCUT2D eigenvalue weighted by molar-refractivity contribution is 6.05. The second kappa shape index (κ2) is 8.94. The van der Waals surface area contributed by atoms with Gasteiger partial charge in [0, 0.05) is 18.8 Å². The third-order valence-electron chi connectivity index (χ3n) is 4.84. The van der Waals surface area contributed by atoms with Crippen LogP contribution >= 0.6 is 0 Å². The number of H-pyrrole nitrogens is 1. The molecule has 0 unspecified atom stereocenters. The number of nitrogens with zero attached hydrogens (tertiary/aromatic N) is 2. The molecule has 0 fully saturated rings. The predicted molar refractivity (Wildman–Crippen MR) is 115 cm³/mol. The summed E-state index contributed by atoms with van der Waals surface area (Å²) in [7, 11) is 1.58. The van der Waals surface area contributed by atoms with E-state index in [1.165, 1.54) is 4.57 Å². The number of methoxy groups -OCH3 is 1. The van der Waals surface area contributed by atoms with Crippen molar-refractivity contribution in [1.29, 1.82) is 0 Å². The van der Waals surface area contributed by atoms with Crippen LogP contribution in [0, 0.1) is 0 Å². The molecule has 0 aliphatic rings. The smallest absolute Gasteiger partial charge is 0.329 e. The maximum Gasteiger partial charge on any atom is 0.329 e. The van der Waals surface area contributed by atoms with E-state index in [0.29, 0.717) is 24.4 Å². The van der Waals surface area contributed by atoms with Gasteiger partial charge in [0.15, 0.2) is 5.65 Å². The zero-order chi connectivity index (χ0) is 21.8. The van der Waals surface area contributed by atoms with Gasteiger partial charge in [-0.3, -0.25) is 19.1 Å². The number of rotatable bonds is 7. The highest BCUT2D eigenvalue weighted by Crippen LogP contribution is 2.20. The van der Waals surface area contributed by atoms with Gasteiger partial charge in [0.1, 0.15) is 5.75 Å². The molecule has 158 valence electrons. The minimum Gasteiger partial charge on any atom is -0.497 e. The van der Waals surface area contributed by atoms with Crippen LogP contribution in [0.3, 0.4) is 0 Å². The standard InChI is InChI=1S/C22H26N4O4/c1-5-9-26-19-18(21(28)25-22(26)29)16(11-17(24-19)13(2)3)20(27)23-12-14-7-6-8-15(10-14)30-4/h6-8,10-11,13H,5,9,12H2,1-4H3,(H,23,27)(H,25,28,29). The molecule has 1 aromatic carbocycles. The van der Waals surface area contributed by atoms with Crippen LogP contribution in [0.15, 0.2) is 39.9 Å². The van der Waals surface area contributed by atoms with Gasteiger partial charge in [0.2, 0.25) is 0 Å². The largest absolute Gasteiger partial charge is 0.497 e. The van der Waals surface area contributed by atoms with Gasteiger partial charge in [-0.05, 0) is 36.1 Å². The van der Waals surface area contributed by atoms with Crippen molar-refractivity contribution in [2.24, 2.45) is 0 Å². The summed E-state index contributed by atoms with van der Waals surface area (Å²) in [5.41, 5.74) is 0.814. The van der Waals surface area contributed by atoms with Crippen molar-refractivity contribution < 1.29 is 9.53 Å². The molecule has 3 aromatic rings. The molecule has 1 amide bonds. The summed E-state index contributed by atoms with van der Waals surface area (Å²) >= 11 is 0. The summed E-state index contributed by atoms with van der Waals surface area (Å²) < 4.78 is 6.63. The number of benzene rings is 1. The molecule has 30 heavy (non-hydrogen) atoms. The van der Waals surface area contributed by atoms with Crippen molar-refractivity contribution in [3.8, 4) is 5.75 Å². The first kappa shape index (κ1) is 21.3. The number of hydrogen-bond donors (Lipinski definition) is 2. The number of fused-ring (bicyclic) bond motifs is 1. The van der Waals surface area contributed by atoms with Gasteiger partial charge in [-0.15, -0.1) is 0 Å². The van der Waals surface area contributed by atoms with E-state index in [0.717, 1.165) is 5.56 Å². The fourth-order valence-electron chi connectivity index (χ4n) is 3.26. The first-order valence-electron chi connectivity index (χ1n) is 9.94. The van der Waals surface area contributed by atoms with Gasteiger partial charge < -0.3 is 10.1 Å². The van der Waals surface area contributed by atoms with Crippen LogP contribution in [0.5, 0.6) is 5.75 Å². The zero-order valence-corrected chi connectivity index (χ0v) is 17.6. The van der Waals surface area contributed by atoms with Crippen LogP contribution in [0.25, 0.3) is 11.0 Å². The minimum atomic E-state index is -0.614. The lowest BCUT2D eigenvalue weighted by atomic mass is 10.0. The van der Waals surface area contributed by atoms with Gasteiger partial charge in [-0.1, -0.05) is 32.9 Å². The quantitative estimate of drug-likeness (QED) is 0.623. The molecule has 8 heteroatoms. The van der Waals surface area contributed by atoms with Crippen molar-refractivity contribution in [2.45, 2.75) is 46.2 Å². The van der Waals surface area contributed by atoms with E-state index < -0.39 is 17.2 Å². The molecule has 0 saturated carbocycles. The van der Waals surface area contributed by atoms with Gasteiger partial charge >= 0.3 is 5.69 Å². The second-order valence-corrected chi connectivity index (χ2v) is 7.39. The number of aromatic nitrogens is 3. The second-order valence-electron chi connectivity index (χ2n) is 7.39. The van der Waals surface area contributed by atoms with Gasteiger partial charge in [-0.25, -0.2) is 9.78 Å². The van der Waals surface area contributed by atoms with E-state index in [1.54, 1.807) is 13.2 Å². The summed E-state index contributed by atoms with van der Waals surface area (Å²) in [6.45, 7) is 6.48. The molecule has 0 saturated heterocycles. The predicted octanol–water partition coefficient (Wildman–Crippen LogP) is 2.56. The number of hydrogen-bond acceptors (Lipinski definition) is 5. The average molecular weight is 410 g/mol. The Kier molecular flexibility index (Phi) is 6.34. The van der Waals surface area contributed by atoms with Crippen LogP contribution in [0.1, 0.15) is 54.7 Å². The Morgan fingerprint density at radius 2 is 2.03 bits per heavy atom. The van der Waals surface area contributed by atoms with E-state index in [1.807, 2.05) is 45.0 Å². The van der Waals surface area contributed by atoms with E-state index >= 15 is 0 Å². The molecule has 2 N–H and O–H groups in total. The maximum atomic E-state index is 13.1. The number of nitrogens with one attached hydrogen (secondary N) is 2. The molecule has 8 nitrogen and oxygen atoms in total. The molecule has 0 aliphatic carbocycles. The molecule has 2 aromatic heterocycles. The first-order chi connectivity index (χ1) is 14.3. The lowest BCUT2D eigenvalue weighted by Crippen LogP contribution is -2.33. The Morgan fingerprint density at radius 1 is 1.27 bits per heavy atom. The Morgan fingerprint density at radius 3 is 2.70 bits per heavy atom. The molecule has 0 radical (unpaired) electrons. The normalized spacial score (nSPS) is 11.1. The Balaban J connectivity index is 2.09. The Labute approximate surface area is 173 Å². The SMILES string of the molecule is CCCn1c(=O)[nH]c(=O)c2c(C(=O)NCc3cccc(OC)c3)cc(C(C)C)nc21. The van der Waals surface area contributed by atoms with Gasteiger partial charge in [0.25, 0.3) is 11.5 Å². The zero-order valence-electron chi connectivity index (χ0n) is 17.6. The highest BCUT2D eigenvalue weighted by Gasteiger charge is 2.20. The minimum absolute atomic E-state index is 0.0174. The molecule has 3 rings (SSSR count). The van der Waals surface area contributed by atoms with Crippen molar-refractivity contribution in [3.63, 3.8) is 0 Å². The fourth-order valence-corrected chi connectivity index (χ4v) is 3.26. The van der Waals surface area contributed by atoms with Crippen LogP contribution < -0.4 is 21.3 Å². The lowest BCUT2D eigenvalue weighted by Gasteiger charge is -2.14. The van der Waals surface area contributed by atoms with Crippen LogP contribution in [0.2, 0.25) is 0 Å². The lowest BCUT2D eigenvalue weighted by molar-refractivity contribution is 0.0952. The molecule has 0 atom stereocenters. The van der Waals surface area contributed by atoms with Crippen molar-refractivity contribution in [2.75, 3.05) is 7.11 Å². The number of pyridine rings is 1. The summed E-state index contributed by atoms with van der Waals surface area (Å²) in [5.74, 6) is 0.307. The number of amides is 1. The Bertz CT molecular complexity index is 1190. The molecule has 2 heterocycles. The Hall–Kier alpha value is -3.42. The highest BCUT2D eigenvalue weighted by atomic mass is 16.5. The van der Waals surface area contributed by atoms with Crippen LogP contribution in [-0.2, 0) is 13.1 Å². The van der Waals surface area contributed by atoms with E-state index in [2.05, 4.69) is 15.3 Å². The van der Waals surface area contributed by atoms with Gasteiger partial charge in [-0.2, -0.15) is 0 Å². The van der Waals surface area contributed by atoms with Gasteiger partial charge in [0.05, 0.1) is 18.1 Å². The average Bonchev–Trinajstić information content (AvgIpc) is 2.74. The molecular formula is C22H26N4O4. The number of aromatic amines is 1. The summed E-state index contributed by atoms with van der Waals surface area (Å²) in [6.07, 6.45) is 0.687. The van der Waals surface area contributed by atoms with Crippen molar-refractivity contribution in [3.05, 3.63) is 68.0 Å². The number of aryl methyl sites for hydroxylation is 1. The maximum absolute atomic E-state index is 13.1. The molecule has 0 spiro atoms. The van der Waals surface area contributed by atoms with Crippen LogP contribution in [-0.4, -0.2) is 27.6 Å². The van der Waals surface area contributed by atoms with Crippen LogP contribution in [0.4, 0.5) is 0 Å². The van der Waals surface area contributed by atoms with Crippen molar-refractivity contribution >= 4 is 16.9 Å². The monoisotopic (exact) mass is 410 g/mol. The number of carbonyl (C=O) groups is 1. The fraction of sp³-hybridized carbons (Fsp3) is 0.364. The third kappa shape index (κ3) is 4.27. The summed E-state index contributed by atoms with van der Waals surface area (Å²) in [5, 5.41) is 2.98. The number of ether oxygens (including phenoxy) is 1. The summed E-state index contributed by atoms with van der Waals surface area (Å²) in [6, 6.07) is 9.00. The topological polar surface area (TPSA) is 106 Å². The number of carbonyl (C=O) groups excluding carboxylic acids is 1. The third-order valence-corrected chi connectivity index (χ3v) is 4.84. The molecule has 0 aliphatic heterocycles. The molecule has 0 bridgehead atoms. The van der Waals surface area contributed by atoms with E-state index in [4.69, 9.17) is 4.74 Å². The van der Waals surface area contributed by atoms with Crippen molar-refractivity contribution in [1.82, 2.24) is 19.9 Å². The first-order valence-corrected chi connectivity index (χ1v) is 9.94. The summed E-state index contributed by atoms with van der Waals surface area (Å²) in [4.78, 5) is 44.9. The van der Waals surface area contributed by atoms with E-state index in [-0.39, 0.29) is 29.1 Å². The molecular weight excluding hydrogens is 384 g/mol.